The summed E-state index contributed by atoms with van der Waals surface area (Å²) in [7, 11) is 0. The lowest BCUT2D eigenvalue weighted by molar-refractivity contribution is -0.140. The van der Waals surface area contributed by atoms with Crippen LogP contribution in [-0.2, 0) is 44.9 Å². The molecule has 460 valence electrons. The van der Waals surface area contributed by atoms with E-state index in [9.17, 15) is 63.6 Å². The molecule has 0 aromatic heterocycles. The van der Waals surface area contributed by atoms with E-state index < -0.39 is 53.7 Å². The Morgan fingerprint density at radius 3 is 1.68 bits per heavy atom. The molecule has 0 aliphatic carbocycles. The molecule has 29 heteroatoms. The summed E-state index contributed by atoms with van der Waals surface area (Å²) in [5, 5.41) is 60.6. The van der Waals surface area contributed by atoms with Gasteiger partial charge >= 0.3 is 30.0 Å². The fourth-order valence-electron chi connectivity index (χ4n) is 8.55. The van der Waals surface area contributed by atoms with Crippen LogP contribution in [0.1, 0.15) is 55.2 Å². The summed E-state index contributed by atoms with van der Waals surface area (Å²) < 4.78 is 0. The van der Waals surface area contributed by atoms with Crippen molar-refractivity contribution < 1.29 is 68.4 Å². The Morgan fingerprint density at radius 1 is 0.571 bits per heavy atom. The molecule has 0 saturated carbocycles. The number of carboxylic acids is 3. The fourth-order valence-corrected chi connectivity index (χ4v) is 8.55. The number of carbonyl (C=O) groups is 9. The second-order valence-corrected chi connectivity index (χ2v) is 19.5. The van der Waals surface area contributed by atoms with Crippen molar-refractivity contribution in [2.75, 3.05) is 130 Å². The van der Waals surface area contributed by atoms with Crippen molar-refractivity contribution in [3.8, 4) is 5.75 Å². The lowest BCUT2D eigenvalue weighted by Gasteiger charge is -2.32. The Hall–Kier alpha value is -8.64. The van der Waals surface area contributed by atoms with Crippen LogP contribution in [0.3, 0.4) is 0 Å². The van der Waals surface area contributed by atoms with Crippen molar-refractivity contribution in [3.05, 3.63) is 95.6 Å². The number of rotatable bonds is 32. The molecule has 2 atom stereocenters. The standard InChI is InChI=1S/C55H81N15O14/c1-2-45(72)58-22-23-62-54(82)65-53(56)60-19-6-10-44(51(80)63-34-39-11-17-43(71)18-12-39)64-52(81)50(40-8-4-3-5-9-40)41-13-15-42(16-14-41)57-20-7-21-61-55(83)66-84-33-24-59-46(73)35-67-25-27-68(36-47(74)75)29-31-70(38-49(78)79)32-30-69(28-26-67)37-48(76)77/h3-5,8-9,11-18,44,50,57,71H,2,6-7,10,19-38H2,1H3,(H,58,72)(H,59,73)(H,63,80)(H,64,81)(H,74,75)(H,76,77)(H,78,79)(H2,61,66,83)(H4,56,60,62,65,82)/t44-,50-/m1/s1. The summed E-state index contributed by atoms with van der Waals surface area (Å²) in [4.78, 5) is 127. The minimum atomic E-state index is -1.06. The number of aliphatic imine (C=N–C) groups is 1. The van der Waals surface area contributed by atoms with Crippen molar-refractivity contribution >= 4 is 65.2 Å². The van der Waals surface area contributed by atoms with Gasteiger partial charge in [0.2, 0.25) is 23.6 Å². The van der Waals surface area contributed by atoms with E-state index >= 15 is 0 Å². The molecule has 0 unspecified atom stereocenters. The average Bonchev–Trinajstić information content (AvgIpc) is 3.37. The van der Waals surface area contributed by atoms with Crippen LogP contribution >= 0.6 is 0 Å². The van der Waals surface area contributed by atoms with E-state index in [1.807, 2.05) is 54.6 Å². The van der Waals surface area contributed by atoms with Crippen LogP contribution in [0.25, 0.3) is 0 Å². The van der Waals surface area contributed by atoms with E-state index in [4.69, 9.17) is 10.6 Å². The number of nitrogens with two attached hydrogens (primary N) is 1. The molecule has 1 saturated heterocycles. The zero-order chi connectivity index (χ0) is 61.1. The maximum Gasteiger partial charge on any atom is 0.344 e. The number of hydrogen-bond donors (Lipinski definition) is 14. The first-order valence-electron chi connectivity index (χ1n) is 27.7. The smallest absolute Gasteiger partial charge is 0.344 e. The van der Waals surface area contributed by atoms with Gasteiger partial charge in [0.25, 0.3) is 0 Å². The normalized spacial score (nSPS) is 14.7. The van der Waals surface area contributed by atoms with Crippen molar-refractivity contribution in [2.45, 2.75) is 51.1 Å². The number of hydrogen-bond acceptors (Lipinski definition) is 16. The predicted octanol–water partition coefficient (Wildman–Crippen LogP) is -1.13. The highest BCUT2D eigenvalue weighted by molar-refractivity contribution is 5.93. The van der Waals surface area contributed by atoms with Gasteiger partial charge in [-0.15, -0.1) is 0 Å². The topological polar surface area (TPSA) is 403 Å². The summed E-state index contributed by atoms with van der Waals surface area (Å²) in [5.74, 6) is -5.47. The quantitative estimate of drug-likeness (QED) is 0.0152. The summed E-state index contributed by atoms with van der Waals surface area (Å²) in [6.07, 6.45) is 1.34. The number of hydroxylamine groups is 1. The molecule has 0 radical (unpaired) electrons. The molecule has 3 aromatic carbocycles. The lowest BCUT2D eigenvalue weighted by atomic mass is 9.90. The number of carboxylic acid groups (broad SMARTS) is 3. The Labute approximate surface area is 487 Å². The van der Waals surface area contributed by atoms with E-state index in [1.165, 1.54) is 12.1 Å². The van der Waals surface area contributed by atoms with Gasteiger partial charge in [0.1, 0.15) is 11.8 Å². The van der Waals surface area contributed by atoms with Crippen LogP contribution in [0.15, 0.2) is 83.9 Å². The predicted molar refractivity (Wildman–Crippen MR) is 309 cm³/mol. The highest BCUT2D eigenvalue weighted by Crippen LogP contribution is 2.27. The summed E-state index contributed by atoms with van der Waals surface area (Å²) in [6.45, 7) is 4.30. The van der Waals surface area contributed by atoms with Gasteiger partial charge in [0.15, 0.2) is 5.96 Å². The number of guanidine groups is 1. The van der Waals surface area contributed by atoms with Gasteiger partial charge in [0, 0.05) is 110 Å². The maximum atomic E-state index is 14.3. The molecule has 15 N–H and O–H groups in total. The molecule has 0 spiro atoms. The molecule has 4 rings (SSSR count). The third-order valence-electron chi connectivity index (χ3n) is 13.0. The van der Waals surface area contributed by atoms with Crippen LogP contribution in [0.5, 0.6) is 5.75 Å². The van der Waals surface area contributed by atoms with E-state index in [0.717, 1.165) is 11.3 Å². The molecular formula is C55H81N15O14. The van der Waals surface area contributed by atoms with Gasteiger partial charge in [-0.3, -0.25) is 58.0 Å². The monoisotopic (exact) mass is 1180 g/mol. The minimum Gasteiger partial charge on any atom is -0.508 e. The lowest BCUT2D eigenvalue weighted by Crippen LogP contribution is -2.50. The van der Waals surface area contributed by atoms with E-state index in [1.54, 1.807) is 38.7 Å². The van der Waals surface area contributed by atoms with Crippen LogP contribution in [0, 0.1) is 0 Å². The zero-order valence-electron chi connectivity index (χ0n) is 47.3. The van der Waals surface area contributed by atoms with Crippen LogP contribution in [0.4, 0.5) is 15.3 Å². The summed E-state index contributed by atoms with van der Waals surface area (Å²) in [6, 6.07) is 20.4. The van der Waals surface area contributed by atoms with Crippen LogP contribution in [-0.4, -0.2) is 230 Å². The fraction of sp³-hybridized carbons (Fsp3) is 0.491. The first-order chi connectivity index (χ1) is 40.4. The van der Waals surface area contributed by atoms with Gasteiger partial charge in [0.05, 0.1) is 38.7 Å². The van der Waals surface area contributed by atoms with Gasteiger partial charge in [-0.2, -0.15) is 4.99 Å². The summed E-state index contributed by atoms with van der Waals surface area (Å²) in [5.41, 5.74) is 11.0. The number of phenolic OH excluding ortho intramolecular Hbond substituents is 1. The number of phenols is 1. The second-order valence-electron chi connectivity index (χ2n) is 19.5. The molecule has 3 aromatic rings. The first-order valence-corrected chi connectivity index (χ1v) is 27.7. The van der Waals surface area contributed by atoms with Crippen LogP contribution in [0.2, 0.25) is 0 Å². The van der Waals surface area contributed by atoms with Gasteiger partial charge in [-0.05, 0) is 60.2 Å². The van der Waals surface area contributed by atoms with Crippen molar-refractivity contribution in [2.24, 2.45) is 10.7 Å². The Balaban J connectivity index is 1.23. The molecule has 1 heterocycles. The number of nitrogens with zero attached hydrogens (tertiary/aromatic N) is 5. The van der Waals surface area contributed by atoms with E-state index in [0.29, 0.717) is 36.9 Å². The Bertz CT molecular complexity index is 2570. The summed E-state index contributed by atoms with van der Waals surface area (Å²) >= 11 is 0. The molecule has 29 nitrogen and oxygen atoms in total. The molecule has 1 aliphatic heterocycles. The molecule has 0 bridgehead atoms. The number of aliphatic carboxylic acids is 3. The SMILES string of the molecule is CCC(=O)NCCNC(=O)/N=C(/N)NCCC[C@@H](NC(=O)[C@H](c1ccccc1)c1ccc(NCCCNC(=O)NOCCNC(=O)CN2CCN(CC(=O)O)CCN(CC(=O)O)CCN(CC(=O)O)CC2)cc1)C(=O)NCc1ccc(O)cc1. The Morgan fingerprint density at radius 2 is 1.11 bits per heavy atom. The highest BCUT2D eigenvalue weighted by atomic mass is 16.7. The number of anilines is 1. The van der Waals surface area contributed by atoms with Gasteiger partial charge in [-0.25, -0.2) is 15.1 Å². The number of aromatic hydroxyl groups is 1. The Kier molecular flexibility index (Phi) is 30.9. The number of carbonyl (C=O) groups excluding carboxylic acids is 6. The maximum absolute atomic E-state index is 14.3. The van der Waals surface area contributed by atoms with Gasteiger partial charge < -0.3 is 68.7 Å². The van der Waals surface area contributed by atoms with E-state index in [2.05, 4.69) is 53.0 Å². The van der Waals surface area contributed by atoms with Crippen molar-refractivity contribution in [1.82, 2.24) is 62.3 Å². The average molecular weight is 1180 g/mol. The zero-order valence-corrected chi connectivity index (χ0v) is 47.3. The minimum absolute atomic E-state index is 0.0454. The second kappa shape index (κ2) is 38.2. The van der Waals surface area contributed by atoms with Crippen molar-refractivity contribution in [1.29, 1.82) is 0 Å². The molecule has 8 amide bonds. The van der Waals surface area contributed by atoms with Crippen molar-refractivity contribution in [3.63, 3.8) is 0 Å². The molecular weight excluding hydrogens is 1090 g/mol. The van der Waals surface area contributed by atoms with Crippen LogP contribution < -0.4 is 53.7 Å². The number of nitrogens with one attached hydrogen (secondary N) is 9. The largest absolute Gasteiger partial charge is 0.508 e. The molecule has 1 aliphatic rings. The van der Waals surface area contributed by atoms with Gasteiger partial charge in [-0.1, -0.05) is 61.5 Å². The number of urea groups is 2. The first kappa shape index (κ1) is 67.9. The number of benzene rings is 3. The molecule has 1 fully saturated rings. The third-order valence-corrected chi connectivity index (χ3v) is 13.0. The van der Waals surface area contributed by atoms with E-state index in [-0.39, 0.29) is 154 Å². The highest BCUT2D eigenvalue weighted by Gasteiger charge is 2.28. The number of amides is 8. The third kappa shape index (κ3) is 28.4. The molecule has 84 heavy (non-hydrogen) atoms.